The molecule has 0 bridgehead atoms. The number of aromatic nitrogens is 1. The van der Waals surface area contributed by atoms with Crippen LogP contribution in [0, 0.1) is 13.8 Å². The van der Waals surface area contributed by atoms with E-state index in [0.29, 0.717) is 0 Å². The van der Waals surface area contributed by atoms with E-state index in [2.05, 4.69) is 48.3 Å². The number of carbonyl (C=O) groups is 1. The zero-order chi connectivity index (χ0) is 19.3. The number of carbonyl (C=O) groups excluding carboxylic acids is 1. The number of methoxy groups -OCH3 is 1. The lowest BCUT2D eigenvalue weighted by atomic mass is 9.93. The second-order valence-corrected chi connectivity index (χ2v) is 8.35. The van der Waals surface area contributed by atoms with Gasteiger partial charge in [0, 0.05) is 23.9 Å². The number of benzene rings is 1. The molecule has 0 aliphatic heterocycles. The molecule has 1 N–H and O–H groups in total. The maximum absolute atomic E-state index is 11.3. The lowest BCUT2D eigenvalue weighted by Crippen LogP contribution is -2.16. The van der Waals surface area contributed by atoms with Crippen molar-refractivity contribution in [2.24, 2.45) is 0 Å². The third-order valence-electron chi connectivity index (χ3n) is 4.01. The maximum Gasteiger partial charge on any atom is 0.343 e. The summed E-state index contributed by atoms with van der Waals surface area (Å²) in [5.41, 5.74) is 4.42. The van der Waals surface area contributed by atoms with E-state index in [9.17, 15) is 4.79 Å². The molecule has 1 heterocycles. The minimum atomic E-state index is -0.382. The molecule has 1 aromatic heterocycles. The normalized spacial score (nSPS) is 11.5. The Morgan fingerprint density at radius 2 is 1.85 bits per heavy atom. The molecule has 0 saturated heterocycles. The summed E-state index contributed by atoms with van der Waals surface area (Å²) in [6.07, 6.45) is 0. The Balaban J connectivity index is 1.94. The topological polar surface area (TPSA) is 60.5 Å². The van der Waals surface area contributed by atoms with Crippen LogP contribution in [0.3, 0.4) is 0 Å². The number of rotatable bonds is 7. The average Bonchev–Trinajstić information content (AvgIpc) is 3.03. The summed E-state index contributed by atoms with van der Waals surface area (Å²) in [5, 5.41) is 6.69. The fourth-order valence-electron chi connectivity index (χ4n) is 2.61. The number of nitrogens with one attached hydrogen (secondary N) is 1. The number of hydrogen-bond acceptors (Lipinski definition) is 6. The molecular formula is C20H28N2O3S. The van der Waals surface area contributed by atoms with Crippen LogP contribution in [-0.2, 0) is 28.0 Å². The molecule has 142 valence electrons. The summed E-state index contributed by atoms with van der Waals surface area (Å²) in [7, 11) is 1.35. The fourth-order valence-corrected chi connectivity index (χ4v) is 3.60. The summed E-state index contributed by atoms with van der Waals surface area (Å²) in [6.45, 7) is 11.9. The molecule has 0 aliphatic rings. The third kappa shape index (κ3) is 5.54. The second-order valence-electron chi connectivity index (χ2n) is 7.40. The van der Waals surface area contributed by atoms with Crippen molar-refractivity contribution in [3.63, 3.8) is 0 Å². The van der Waals surface area contributed by atoms with Crippen molar-refractivity contribution >= 4 is 17.3 Å². The van der Waals surface area contributed by atoms with Gasteiger partial charge in [-0.25, -0.2) is 9.78 Å². The lowest BCUT2D eigenvalue weighted by molar-refractivity contribution is -0.142. The number of esters is 1. The Kier molecular flexibility index (Phi) is 6.78. The number of nitrogens with zero attached hydrogens (tertiary/aromatic N) is 1. The molecule has 0 radical (unpaired) electrons. The van der Waals surface area contributed by atoms with Crippen LogP contribution >= 0.6 is 11.3 Å². The number of thiazole rings is 1. The molecule has 0 atom stereocenters. The van der Waals surface area contributed by atoms with Crippen LogP contribution in [0.5, 0.6) is 5.75 Å². The molecule has 0 saturated carbocycles. The second kappa shape index (κ2) is 8.64. The molecule has 0 unspecified atom stereocenters. The molecule has 0 spiro atoms. The van der Waals surface area contributed by atoms with Gasteiger partial charge in [-0.15, -0.1) is 11.3 Å². The Hall–Kier alpha value is -1.92. The van der Waals surface area contributed by atoms with E-state index < -0.39 is 0 Å². The third-order valence-corrected chi connectivity index (χ3v) is 4.86. The zero-order valence-corrected chi connectivity index (χ0v) is 17.3. The van der Waals surface area contributed by atoms with Gasteiger partial charge >= 0.3 is 5.97 Å². The van der Waals surface area contributed by atoms with Crippen LogP contribution in [0.25, 0.3) is 0 Å². The van der Waals surface area contributed by atoms with Crippen molar-refractivity contribution in [2.45, 2.75) is 53.1 Å². The Labute approximate surface area is 159 Å². The monoisotopic (exact) mass is 376 g/mol. The maximum atomic E-state index is 11.3. The molecule has 1 aromatic carbocycles. The zero-order valence-electron chi connectivity index (χ0n) is 16.4. The number of ether oxygens (including phenoxy) is 2. The predicted molar refractivity (Wildman–Crippen MR) is 105 cm³/mol. The van der Waals surface area contributed by atoms with Crippen LogP contribution in [0.1, 0.15) is 48.2 Å². The van der Waals surface area contributed by atoms with Crippen molar-refractivity contribution < 1.29 is 14.3 Å². The van der Waals surface area contributed by atoms with Gasteiger partial charge in [0.15, 0.2) is 6.61 Å². The summed E-state index contributed by atoms with van der Waals surface area (Å²) >= 11 is 1.69. The van der Waals surface area contributed by atoms with Gasteiger partial charge in [0.05, 0.1) is 12.8 Å². The summed E-state index contributed by atoms with van der Waals surface area (Å²) in [6, 6.07) is 4.16. The Bertz CT molecular complexity index is 740. The molecule has 6 heteroatoms. The molecular weight excluding hydrogens is 348 g/mol. The van der Waals surface area contributed by atoms with Crippen molar-refractivity contribution in [1.29, 1.82) is 0 Å². The van der Waals surface area contributed by atoms with Gasteiger partial charge in [-0.1, -0.05) is 32.9 Å². The quantitative estimate of drug-likeness (QED) is 0.743. The van der Waals surface area contributed by atoms with Gasteiger partial charge in [0.1, 0.15) is 10.8 Å². The highest BCUT2D eigenvalue weighted by Crippen LogP contribution is 2.26. The van der Waals surface area contributed by atoms with Crippen LogP contribution < -0.4 is 10.1 Å². The van der Waals surface area contributed by atoms with Crippen molar-refractivity contribution in [2.75, 3.05) is 13.7 Å². The van der Waals surface area contributed by atoms with Gasteiger partial charge < -0.3 is 14.8 Å². The Morgan fingerprint density at radius 3 is 2.38 bits per heavy atom. The van der Waals surface area contributed by atoms with E-state index in [1.165, 1.54) is 12.7 Å². The van der Waals surface area contributed by atoms with E-state index in [1.807, 2.05) is 13.8 Å². The van der Waals surface area contributed by atoms with E-state index in [1.54, 1.807) is 11.3 Å². The summed E-state index contributed by atoms with van der Waals surface area (Å²) < 4.78 is 10.2. The molecule has 26 heavy (non-hydrogen) atoms. The molecule has 0 fully saturated rings. The highest BCUT2D eigenvalue weighted by atomic mass is 32.1. The first-order valence-corrected chi connectivity index (χ1v) is 9.54. The first-order valence-electron chi connectivity index (χ1n) is 8.66. The molecule has 2 aromatic rings. The van der Waals surface area contributed by atoms with Gasteiger partial charge in [0.2, 0.25) is 0 Å². The molecule has 5 nitrogen and oxygen atoms in total. The largest absolute Gasteiger partial charge is 0.481 e. The van der Waals surface area contributed by atoms with Crippen LogP contribution in [0.15, 0.2) is 17.5 Å². The van der Waals surface area contributed by atoms with Gasteiger partial charge in [-0.2, -0.15) is 0 Å². The number of hydrogen-bond donors (Lipinski definition) is 1. The summed E-state index contributed by atoms with van der Waals surface area (Å²) in [4.78, 5) is 16.0. The highest BCUT2D eigenvalue weighted by molar-refractivity contribution is 7.09. The molecule has 0 aliphatic carbocycles. The first kappa shape index (κ1) is 20.4. The van der Waals surface area contributed by atoms with Crippen LogP contribution in [-0.4, -0.2) is 24.7 Å². The lowest BCUT2D eigenvalue weighted by Gasteiger charge is -2.14. The SMILES string of the molecule is COC(=O)COc1c(C)cc(CNCc2nc(C(C)(C)C)cs2)cc1C. The highest BCUT2D eigenvalue weighted by Gasteiger charge is 2.17. The van der Waals surface area contributed by atoms with Crippen LogP contribution in [0.4, 0.5) is 0 Å². The number of aryl methyl sites for hydroxylation is 2. The molecule has 0 amide bonds. The van der Waals surface area contributed by atoms with E-state index in [0.717, 1.165) is 40.7 Å². The van der Waals surface area contributed by atoms with Crippen molar-refractivity contribution in [3.8, 4) is 5.75 Å². The first-order chi connectivity index (χ1) is 12.2. The predicted octanol–water partition coefficient (Wildman–Crippen LogP) is 3.90. The van der Waals surface area contributed by atoms with Crippen molar-refractivity contribution in [3.05, 3.63) is 44.9 Å². The molecule has 2 rings (SSSR count). The standard InChI is InChI=1S/C20H28N2O3S/c1-13-7-15(8-14(2)19(13)25-11-18(23)24-6)9-21-10-17-22-16(12-26-17)20(3,4)5/h7-8,12,21H,9-11H2,1-6H3. The minimum Gasteiger partial charge on any atom is -0.481 e. The smallest absolute Gasteiger partial charge is 0.343 e. The van der Waals surface area contributed by atoms with Gasteiger partial charge in [-0.05, 0) is 30.5 Å². The van der Waals surface area contributed by atoms with Gasteiger partial charge in [-0.3, -0.25) is 0 Å². The van der Waals surface area contributed by atoms with E-state index in [-0.39, 0.29) is 18.0 Å². The van der Waals surface area contributed by atoms with E-state index >= 15 is 0 Å². The van der Waals surface area contributed by atoms with Gasteiger partial charge in [0.25, 0.3) is 0 Å². The fraction of sp³-hybridized carbons (Fsp3) is 0.500. The minimum absolute atomic E-state index is 0.0735. The Morgan fingerprint density at radius 1 is 1.19 bits per heavy atom. The van der Waals surface area contributed by atoms with Crippen molar-refractivity contribution in [1.82, 2.24) is 10.3 Å². The van der Waals surface area contributed by atoms with Crippen LogP contribution in [0.2, 0.25) is 0 Å². The average molecular weight is 377 g/mol. The van der Waals surface area contributed by atoms with E-state index in [4.69, 9.17) is 9.72 Å². The summed E-state index contributed by atoms with van der Waals surface area (Å²) in [5.74, 6) is 0.363.